The van der Waals surface area contributed by atoms with E-state index in [4.69, 9.17) is 0 Å². The first kappa shape index (κ1) is 24.9. The molecule has 0 amide bonds. The third kappa shape index (κ3) is 3.66. The molecule has 0 saturated carbocycles. The van der Waals surface area contributed by atoms with Gasteiger partial charge < -0.3 is 0 Å². The second-order valence-electron chi connectivity index (χ2n) is 12.7. The Bertz CT molecular complexity index is 2500. The van der Waals surface area contributed by atoms with E-state index < -0.39 is 0 Å². The fraction of sp³-hybridized carbons (Fsp3) is 0.0667. The van der Waals surface area contributed by atoms with Crippen LogP contribution in [0.2, 0.25) is 0 Å². The molecule has 0 bridgehead atoms. The van der Waals surface area contributed by atoms with Crippen molar-refractivity contribution in [2.45, 2.75) is 19.3 Å². The molecule has 7 aromatic carbocycles. The molecule has 7 aromatic rings. The van der Waals surface area contributed by atoms with Crippen molar-refractivity contribution >= 4 is 37.9 Å². The van der Waals surface area contributed by atoms with Crippen LogP contribution < -0.4 is 0 Å². The molecule has 3 aliphatic carbocycles. The SMILES string of the molecule is C1=CC2=C(C=CC1)c1cccc(-c3ccc4c5ccccc5c5ccc(-c6cccc7c6Cc6ccccc6-7)cc5c4c3)c1C2. The van der Waals surface area contributed by atoms with E-state index in [9.17, 15) is 0 Å². The van der Waals surface area contributed by atoms with Gasteiger partial charge in [0.2, 0.25) is 0 Å². The quantitative estimate of drug-likeness (QED) is 0.181. The summed E-state index contributed by atoms with van der Waals surface area (Å²) in [5.74, 6) is 0. The molecule has 0 spiro atoms. The first-order chi connectivity index (χ1) is 22.3. The Morgan fingerprint density at radius 2 is 0.933 bits per heavy atom. The van der Waals surface area contributed by atoms with Crippen molar-refractivity contribution in [1.82, 2.24) is 0 Å². The van der Waals surface area contributed by atoms with Crippen molar-refractivity contribution in [3.05, 3.63) is 173 Å². The van der Waals surface area contributed by atoms with E-state index in [2.05, 4.69) is 146 Å². The van der Waals surface area contributed by atoms with Gasteiger partial charge in [-0.3, -0.25) is 0 Å². The molecule has 210 valence electrons. The van der Waals surface area contributed by atoms with Crippen molar-refractivity contribution in [1.29, 1.82) is 0 Å². The second kappa shape index (κ2) is 9.52. The summed E-state index contributed by atoms with van der Waals surface area (Å²) in [6.07, 6.45) is 12.2. The van der Waals surface area contributed by atoms with Crippen molar-refractivity contribution in [3.8, 4) is 33.4 Å². The van der Waals surface area contributed by atoms with E-state index in [1.54, 1.807) is 0 Å². The number of hydrogen-bond acceptors (Lipinski definition) is 0. The fourth-order valence-electron chi connectivity index (χ4n) is 8.30. The number of hydrogen-bond donors (Lipinski definition) is 0. The van der Waals surface area contributed by atoms with Crippen LogP contribution in [0.25, 0.3) is 71.3 Å². The lowest BCUT2D eigenvalue weighted by molar-refractivity contribution is 1.24. The normalized spacial score (nSPS) is 14.6. The molecule has 0 heterocycles. The van der Waals surface area contributed by atoms with E-state index >= 15 is 0 Å². The molecule has 0 aliphatic heterocycles. The predicted molar refractivity (Wildman–Crippen MR) is 192 cm³/mol. The lowest BCUT2D eigenvalue weighted by Crippen LogP contribution is -1.92. The molecule has 0 N–H and O–H groups in total. The average molecular weight is 571 g/mol. The highest BCUT2D eigenvalue weighted by Crippen LogP contribution is 2.45. The summed E-state index contributed by atoms with van der Waals surface area (Å²) >= 11 is 0. The van der Waals surface area contributed by atoms with Crippen LogP contribution in [0.3, 0.4) is 0 Å². The van der Waals surface area contributed by atoms with E-state index in [-0.39, 0.29) is 0 Å². The van der Waals surface area contributed by atoms with Crippen LogP contribution in [0.4, 0.5) is 0 Å². The van der Waals surface area contributed by atoms with Gasteiger partial charge in [0.05, 0.1) is 0 Å². The molecular weight excluding hydrogens is 540 g/mol. The Kier molecular flexibility index (Phi) is 5.27. The van der Waals surface area contributed by atoms with E-state index in [1.165, 1.54) is 99.1 Å². The van der Waals surface area contributed by atoms with E-state index in [0.29, 0.717) is 0 Å². The molecule has 0 heteroatoms. The minimum atomic E-state index is 0.990. The van der Waals surface area contributed by atoms with Crippen LogP contribution in [0.15, 0.2) is 151 Å². The third-order valence-corrected chi connectivity index (χ3v) is 10.4. The van der Waals surface area contributed by atoms with Gasteiger partial charge in [-0.1, -0.05) is 133 Å². The van der Waals surface area contributed by atoms with Crippen molar-refractivity contribution in [2.75, 3.05) is 0 Å². The van der Waals surface area contributed by atoms with Gasteiger partial charge in [0.25, 0.3) is 0 Å². The number of rotatable bonds is 2. The van der Waals surface area contributed by atoms with Crippen LogP contribution in [0, 0.1) is 0 Å². The molecule has 0 saturated heterocycles. The maximum atomic E-state index is 2.46. The van der Waals surface area contributed by atoms with Crippen molar-refractivity contribution in [2.24, 2.45) is 0 Å². The third-order valence-electron chi connectivity index (χ3n) is 10.4. The Balaban J connectivity index is 1.20. The Hall–Kier alpha value is -5.46. The maximum Gasteiger partial charge on any atom is -0.000729 e. The number of allylic oxidation sites excluding steroid dienone is 6. The van der Waals surface area contributed by atoms with Gasteiger partial charge in [0.15, 0.2) is 0 Å². The first-order valence-corrected chi connectivity index (χ1v) is 16.1. The Labute approximate surface area is 263 Å². The van der Waals surface area contributed by atoms with E-state index in [0.717, 1.165) is 19.3 Å². The van der Waals surface area contributed by atoms with E-state index in [1.807, 2.05) is 0 Å². The zero-order chi connectivity index (χ0) is 29.5. The van der Waals surface area contributed by atoms with Crippen LogP contribution in [0.5, 0.6) is 0 Å². The molecular formula is C45H30. The topological polar surface area (TPSA) is 0 Å². The first-order valence-electron chi connectivity index (χ1n) is 16.1. The molecule has 3 aliphatic rings. The van der Waals surface area contributed by atoms with Gasteiger partial charge in [0, 0.05) is 0 Å². The zero-order valence-electron chi connectivity index (χ0n) is 25.0. The fourth-order valence-corrected chi connectivity index (χ4v) is 8.30. The zero-order valence-corrected chi connectivity index (χ0v) is 25.0. The number of fused-ring (bicyclic) bond motifs is 11. The summed E-state index contributed by atoms with van der Waals surface area (Å²) in [6.45, 7) is 0. The Morgan fingerprint density at radius 3 is 1.67 bits per heavy atom. The van der Waals surface area contributed by atoms with Gasteiger partial charge >= 0.3 is 0 Å². The summed E-state index contributed by atoms with van der Waals surface area (Å²) in [7, 11) is 0. The maximum absolute atomic E-state index is 2.46. The second-order valence-corrected chi connectivity index (χ2v) is 12.7. The van der Waals surface area contributed by atoms with Gasteiger partial charge in [0.1, 0.15) is 0 Å². The molecule has 0 aromatic heterocycles. The van der Waals surface area contributed by atoms with Crippen LogP contribution in [-0.4, -0.2) is 0 Å². The summed E-state index contributed by atoms with van der Waals surface area (Å²) in [5.41, 5.74) is 16.6. The molecule has 0 unspecified atom stereocenters. The Morgan fingerprint density at radius 1 is 0.378 bits per heavy atom. The van der Waals surface area contributed by atoms with Gasteiger partial charge in [-0.2, -0.15) is 0 Å². The lowest BCUT2D eigenvalue weighted by Gasteiger charge is -2.16. The minimum absolute atomic E-state index is 0.990. The summed E-state index contributed by atoms with van der Waals surface area (Å²) in [6, 6.07) is 45.8. The van der Waals surface area contributed by atoms with Gasteiger partial charge in [-0.05, 0) is 130 Å². The molecule has 0 nitrogen and oxygen atoms in total. The van der Waals surface area contributed by atoms with Crippen LogP contribution in [-0.2, 0) is 12.8 Å². The van der Waals surface area contributed by atoms with Crippen molar-refractivity contribution < 1.29 is 0 Å². The van der Waals surface area contributed by atoms with Crippen LogP contribution in [0.1, 0.15) is 28.7 Å². The van der Waals surface area contributed by atoms with Crippen molar-refractivity contribution in [3.63, 3.8) is 0 Å². The molecule has 45 heavy (non-hydrogen) atoms. The average Bonchev–Trinajstić information content (AvgIpc) is 3.57. The number of benzene rings is 7. The molecule has 0 atom stereocenters. The largest absolute Gasteiger partial charge is 0.0804 e. The summed E-state index contributed by atoms with van der Waals surface area (Å²) < 4.78 is 0. The van der Waals surface area contributed by atoms with Gasteiger partial charge in [-0.25, -0.2) is 0 Å². The highest BCUT2D eigenvalue weighted by Gasteiger charge is 2.24. The van der Waals surface area contributed by atoms with Crippen LogP contribution >= 0.6 is 0 Å². The predicted octanol–water partition coefficient (Wildman–Crippen LogP) is 11.9. The smallest absolute Gasteiger partial charge is 0.000729 e. The highest BCUT2D eigenvalue weighted by atomic mass is 14.3. The lowest BCUT2D eigenvalue weighted by atomic mass is 9.88. The summed E-state index contributed by atoms with van der Waals surface area (Å²) in [4.78, 5) is 0. The monoisotopic (exact) mass is 570 g/mol. The standard InChI is InChI=1S/C45H30/c1-2-10-28-24-42-34(16-8-18-36(42)32(28)12-3-1)30-20-22-40-38-14-6-7-15-39(38)41-23-21-31(27-45(41)44(40)26-30)35-17-9-19-37-33-13-5-4-11-29(33)25-43(35)37/h2-23,26-27H,1,24-25H2. The highest BCUT2D eigenvalue weighted by molar-refractivity contribution is 6.26. The van der Waals surface area contributed by atoms with Gasteiger partial charge in [-0.15, -0.1) is 0 Å². The molecule has 0 fully saturated rings. The molecule has 0 radical (unpaired) electrons. The summed E-state index contributed by atoms with van der Waals surface area (Å²) in [5, 5.41) is 7.91. The molecule has 10 rings (SSSR count). The minimum Gasteiger partial charge on any atom is -0.0804 e.